The summed E-state index contributed by atoms with van der Waals surface area (Å²) in [5.41, 5.74) is 13.5. The van der Waals surface area contributed by atoms with Gasteiger partial charge in [-0.2, -0.15) is 0 Å². The van der Waals surface area contributed by atoms with E-state index < -0.39 is 0 Å². The Labute approximate surface area is 325 Å². The van der Waals surface area contributed by atoms with Crippen LogP contribution in [-0.4, -0.2) is 4.57 Å². The van der Waals surface area contributed by atoms with E-state index in [2.05, 4.69) is 167 Å². The number of benzene rings is 7. The van der Waals surface area contributed by atoms with E-state index in [0.717, 1.165) is 23.7 Å². The van der Waals surface area contributed by atoms with Gasteiger partial charge in [0.2, 0.25) is 0 Å². The number of thiophene rings is 1. The van der Waals surface area contributed by atoms with Crippen molar-refractivity contribution in [2.45, 2.75) is 37.5 Å². The van der Waals surface area contributed by atoms with Gasteiger partial charge in [-0.25, -0.2) is 0 Å². The molecule has 5 aliphatic carbocycles. The summed E-state index contributed by atoms with van der Waals surface area (Å²) < 4.78 is 5.10. The molecule has 0 aliphatic heterocycles. The van der Waals surface area contributed by atoms with Crippen LogP contribution in [0.1, 0.15) is 43.2 Å². The second kappa shape index (κ2) is 11.2. The highest BCUT2D eigenvalue weighted by molar-refractivity contribution is 7.25. The molecule has 14 rings (SSSR count). The van der Waals surface area contributed by atoms with E-state index in [0.29, 0.717) is 0 Å². The van der Waals surface area contributed by atoms with Gasteiger partial charge in [0.05, 0.1) is 11.0 Å². The van der Waals surface area contributed by atoms with Crippen molar-refractivity contribution in [3.05, 3.63) is 169 Å². The van der Waals surface area contributed by atoms with E-state index in [1.807, 2.05) is 11.3 Å². The third kappa shape index (κ3) is 4.14. The van der Waals surface area contributed by atoms with Crippen molar-refractivity contribution in [1.82, 2.24) is 4.57 Å². The van der Waals surface area contributed by atoms with Crippen LogP contribution in [-0.2, 0) is 5.41 Å². The van der Waals surface area contributed by atoms with E-state index in [-0.39, 0.29) is 5.41 Å². The van der Waals surface area contributed by atoms with Gasteiger partial charge in [0.15, 0.2) is 0 Å². The summed E-state index contributed by atoms with van der Waals surface area (Å²) in [6, 6.07) is 59.9. The van der Waals surface area contributed by atoms with E-state index in [4.69, 9.17) is 0 Å². The highest BCUT2D eigenvalue weighted by atomic mass is 32.1. The second-order valence-corrected chi connectivity index (χ2v) is 18.0. The molecular weight excluding hydrogens is 685 g/mol. The maximum atomic E-state index is 2.57. The van der Waals surface area contributed by atoms with Gasteiger partial charge in [-0.05, 0) is 139 Å². The zero-order valence-electron chi connectivity index (χ0n) is 30.7. The average Bonchev–Trinajstić information content (AvgIpc) is 3.86. The fraction of sp³-hybridized carbons (Fsp3) is 0.192. The summed E-state index contributed by atoms with van der Waals surface area (Å²) in [6.45, 7) is 0. The van der Waals surface area contributed by atoms with Crippen molar-refractivity contribution in [1.29, 1.82) is 0 Å². The van der Waals surface area contributed by atoms with Gasteiger partial charge in [-0.15, -0.1) is 11.3 Å². The van der Waals surface area contributed by atoms with E-state index in [9.17, 15) is 0 Å². The van der Waals surface area contributed by atoms with Gasteiger partial charge in [0.1, 0.15) is 0 Å². The molecule has 2 heterocycles. The van der Waals surface area contributed by atoms with Crippen LogP contribution in [0.2, 0.25) is 0 Å². The molecular formula is C52H40N2S. The molecule has 0 atom stereocenters. The fourth-order valence-corrected chi connectivity index (χ4v) is 13.7. The fourth-order valence-electron chi connectivity index (χ4n) is 12.5. The van der Waals surface area contributed by atoms with E-state index in [1.54, 1.807) is 11.1 Å². The van der Waals surface area contributed by atoms with Gasteiger partial charge in [-0.1, -0.05) is 97.1 Å². The quantitative estimate of drug-likeness (QED) is 0.175. The maximum absolute atomic E-state index is 2.57. The zero-order chi connectivity index (χ0) is 35.8. The first-order chi connectivity index (χ1) is 27.2. The first-order valence-electron chi connectivity index (χ1n) is 20.3. The van der Waals surface area contributed by atoms with Gasteiger partial charge >= 0.3 is 0 Å². The molecule has 0 saturated heterocycles. The summed E-state index contributed by atoms with van der Waals surface area (Å²) in [7, 11) is 0. The minimum atomic E-state index is 0.161. The molecule has 2 aromatic heterocycles. The van der Waals surface area contributed by atoms with Crippen molar-refractivity contribution in [2.75, 3.05) is 4.90 Å². The van der Waals surface area contributed by atoms with Crippen LogP contribution in [0.25, 0.3) is 58.8 Å². The third-order valence-electron chi connectivity index (χ3n) is 14.3. The van der Waals surface area contributed by atoms with E-state index >= 15 is 0 Å². The largest absolute Gasteiger partial charge is 0.310 e. The third-order valence-corrected chi connectivity index (χ3v) is 15.5. The lowest BCUT2D eigenvalue weighted by Crippen LogP contribution is -2.55. The maximum Gasteiger partial charge on any atom is 0.0561 e. The van der Waals surface area contributed by atoms with Gasteiger partial charge in [0, 0.05) is 59.1 Å². The number of fused-ring (bicyclic) bond motifs is 9. The zero-order valence-corrected chi connectivity index (χ0v) is 31.5. The molecule has 0 N–H and O–H groups in total. The average molecular weight is 725 g/mol. The molecule has 55 heavy (non-hydrogen) atoms. The van der Waals surface area contributed by atoms with Crippen LogP contribution in [0.5, 0.6) is 0 Å². The lowest BCUT2D eigenvalue weighted by atomic mass is 9.43. The standard InChI is InChI=1S/C52H40N2S/c1-2-10-36(11-3-1)54-48-16-8-5-13-41(48)42-21-18-38(30-49(42)54)53(39-19-22-44-43-14-6-9-17-50(43)55-51(44)31-39)37-20-23-47-45(29-37)40-12-4-7-15-46(40)52(47)34-25-32-24-33(27-34)28-35(52)26-32/h1-23,29-35H,24-28H2. The Morgan fingerprint density at radius 3 is 1.89 bits per heavy atom. The molecule has 5 aliphatic rings. The van der Waals surface area contributed by atoms with E-state index in [1.165, 1.54) is 108 Å². The Kier molecular flexibility index (Phi) is 6.25. The van der Waals surface area contributed by atoms with Crippen LogP contribution in [0, 0.1) is 23.7 Å². The molecule has 4 bridgehead atoms. The molecule has 1 spiro atoms. The number of aromatic nitrogens is 1. The summed E-state index contributed by atoms with van der Waals surface area (Å²) in [6.07, 6.45) is 7.08. The van der Waals surface area contributed by atoms with Crippen LogP contribution in [0.4, 0.5) is 17.1 Å². The molecule has 2 nitrogen and oxygen atoms in total. The van der Waals surface area contributed by atoms with Crippen molar-refractivity contribution < 1.29 is 0 Å². The highest BCUT2D eigenvalue weighted by Gasteiger charge is 2.61. The van der Waals surface area contributed by atoms with Gasteiger partial charge < -0.3 is 9.47 Å². The molecule has 0 unspecified atom stereocenters. The molecule has 4 fully saturated rings. The SMILES string of the molecule is c1ccc(-n2c3ccccc3c3ccc(N(c4ccc5c(c4)-c4ccccc4C54C5CC6CC(C5)CC4C6)c4ccc5c(c4)sc4ccccc45)cc32)cc1. The Bertz CT molecular complexity index is 2990. The van der Waals surface area contributed by atoms with Crippen LogP contribution < -0.4 is 4.90 Å². The minimum absolute atomic E-state index is 0.161. The van der Waals surface area contributed by atoms with Crippen molar-refractivity contribution >= 4 is 70.4 Å². The van der Waals surface area contributed by atoms with Crippen LogP contribution in [0.15, 0.2) is 158 Å². The Morgan fingerprint density at radius 1 is 0.455 bits per heavy atom. The summed E-state index contributed by atoms with van der Waals surface area (Å²) in [5, 5.41) is 5.22. The molecule has 4 saturated carbocycles. The monoisotopic (exact) mass is 724 g/mol. The lowest BCUT2D eigenvalue weighted by molar-refractivity contribution is -0.0399. The van der Waals surface area contributed by atoms with Crippen LogP contribution in [0.3, 0.4) is 0 Å². The number of rotatable bonds is 4. The molecule has 3 heteroatoms. The number of nitrogens with zero attached hydrogens (tertiary/aromatic N) is 2. The molecule has 0 radical (unpaired) electrons. The Balaban J connectivity index is 1.05. The molecule has 0 amide bonds. The Morgan fingerprint density at radius 2 is 1.05 bits per heavy atom. The molecule has 9 aromatic rings. The van der Waals surface area contributed by atoms with Crippen molar-refractivity contribution in [3.63, 3.8) is 0 Å². The summed E-state index contributed by atoms with van der Waals surface area (Å²) in [5.74, 6) is 3.38. The number of para-hydroxylation sites is 2. The predicted molar refractivity (Wildman–Crippen MR) is 232 cm³/mol. The number of anilines is 3. The highest BCUT2D eigenvalue weighted by Crippen LogP contribution is 2.69. The smallest absolute Gasteiger partial charge is 0.0561 e. The summed E-state index contributed by atoms with van der Waals surface area (Å²) >= 11 is 1.90. The Hall–Kier alpha value is -5.64. The lowest BCUT2D eigenvalue weighted by Gasteiger charge is -2.61. The topological polar surface area (TPSA) is 8.17 Å². The number of hydrogen-bond donors (Lipinski definition) is 0. The predicted octanol–water partition coefficient (Wildman–Crippen LogP) is 14.3. The first-order valence-corrected chi connectivity index (χ1v) is 21.1. The molecule has 264 valence electrons. The van der Waals surface area contributed by atoms with Crippen molar-refractivity contribution in [3.8, 4) is 16.8 Å². The molecule has 7 aromatic carbocycles. The second-order valence-electron chi connectivity index (χ2n) is 17.0. The summed E-state index contributed by atoms with van der Waals surface area (Å²) in [4.78, 5) is 2.53. The number of hydrogen-bond acceptors (Lipinski definition) is 2. The minimum Gasteiger partial charge on any atom is -0.310 e. The first kappa shape index (κ1) is 30.7. The van der Waals surface area contributed by atoms with Gasteiger partial charge in [0.25, 0.3) is 0 Å². The normalized spacial score (nSPS) is 23.3. The van der Waals surface area contributed by atoms with Crippen LogP contribution >= 0.6 is 11.3 Å². The van der Waals surface area contributed by atoms with Crippen molar-refractivity contribution in [2.24, 2.45) is 23.7 Å². The van der Waals surface area contributed by atoms with Gasteiger partial charge in [-0.3, -0.25) is 0 Å².